The van der Waals surface area contributed by atoms with Gasteiger partial charge in [0, 0.05) is 26.1 Å². The highest BCUT2D eigenvalue weighted by Crippen LogP contribution is 2.37. The lowest BCUT2D eigenvalue weighted by Gasteiger charge is -2.16. The Hall–Kier alpha value is -0.653. The zero-order valence-electron chi connectivity index (χ0n) is 15.4. The zero-order valence-corrected chi connectivity index (χ0v) is 18.0. The van der Waals surface area contributed by atoms with E-state index in [2.05, 4.69) is 42.8 Å². The maximum Gasteiger partial charge on any atom is 0.139 e. The molecule has 0 amide bonds. The monoisotopic (exact) mass is 384 g/mol. The quantitative estimate of drug-likeness (QED) is 0.173. The lowest BCUT2D eigenvalue weighted by Crippen LogP contribution is -2.20. The molecule has 1 saturated carbocycles. The molecule has 0 heterocycles. The first-order valence-corrected chi connectivity index (χ1v) is 13.9. The van der Waals surface area contributed by atoms with Crippen LogP contribution in [-0.2, 0) is 0 Å². The zero-order chi connectivity index (χ0) is 17.7. The van der Waals surface area contributed by atoms with E-state index >= 15 is 0 Å². The Kier molecular flexibility index (Phi) is 7.07. The van der Waals surface area contributed by atoms with Crippen LogP contribution in [0.3, 0.4) is 0 Å². The molecule has 0 N–H and O–H groups in total. The normalized spacial score (nSPS) is 15.1. The van der Waals surface area contributed by atoms with Crippen LogP contribution in [0.15, 0.2) is 22.0 Å². The molecule has 24 heavy (non-hydrogen) atoms. The standard InChI is InChI=1S/C18H29ClN2OSSi/c1-21(14-7-8-14)13-20-16-11-15(19)17(12-18(16)23-2)22-9-6-10-24(3,4)5/h11-14H,6-10H2,1-5H3. The molecule has 1 fully saturated rings. The number of nitrogens with zero attached hydrogens (tertiary/aromatic N) is 2. The number of hydrogen-bond donors (Lipinski definition) is 0. The Morgan fingerprint density at radius 3 is 2.67 bits per heavy atom. The summed E-state index contributed by atoms with van der Waals surface area (Å²) in [5, 5.41) is 0.641. The van der Waals surface area contributed by atoms with Gasteiger partial charge in [0.15, 0.2) is 0 Å². The van der Waals surface area contributed by atoms with Gasteiger partial charge in [-0.3, -0.25) is 0 Å². The highest BCUT2D eigenvalue weighted by Gasteiger charge is 2.24. The van der Waals surface area contributed by atoms with E-state index in [4.69, 9.17) is 16.3 Å². The Labute approximate surface area is 156 Å². The van der Waals surface area contributed by atoms with E-state index in [0.717, 1.165) is 29.4 Å². The van der Waals surface area contributed by atoms with Gasteiger partial charge in [-0.25, -0.2) is 4.99 Å². The number of halogens is 1. The molecular weight excluding hydrogens is 356 g/mol. The summed E-state index contributed by atoms with van der Waals surface area (Å²) in [6.07, 6.45) is 7.60. The van der Waals surface area contributed by atoms with Crippen LogP contribution in [0, 0.1) is 0 Å². The van der Waals surface area contributed by atoms with Crippen molar-refractivity contribution in [2.45, 2.75) is 55.9 Å². The summed E-state index contributed by atoms with van der Waals surface area (Å²) in [7, 11) is 1.08. The average molecular weight is 385 g/mol. The minimum absolute atomic E-state index is 0.641. The second-order valence-corrected chi connectivity index (χ2v) is 14.5. The molecule has 0 bridgehead atoms. The highest BCUT2D eigenvalue weighted by atomic mass is 35.5. The van der Waals surface area contributed by atoms with Crippen LogP contribution in [-0.4, -0.2) is 45.3 Å². The molecule has 1 aliphatic carbocycles. The molecule has 0 radical (unpaired) electrons. The molecule has 1 aromatic rings. The van der Waals surface area contributed by atoms with Crippen LogP contribution in [0.1, 0.15) is 19.3 Å². The molecule has 0 aromatic heterocycles. The molecule has 2 rings (SSSR count). The van der Waals surface area contributed by atoms with Crippen molar-refractivity contribution in [2.75, 3.05) is 19.9 Å². The molecule has 134 valence electrons. The first-order valence-electron chi connectivity index (χ1n) is 8.56. The van der Waals surface area contributed by atoms with Crippen LogP contribution in [0.25, 0.3) is 0 Å². The van der Waals surface area contributed by atoms with Crippen molar-refractivity contribution >= 4 is 43.5 Å². The number of hydrogen-bond acceptors (Lipinski definition) is 3. The van der Waals surface area contributed by atoms with Crippen molar-refractivity contribution in [3.05, 3.63) is 17.2 Å². The molecule has 0 saturated heterocycles. The number of rotatable bonds is 9. The first-order chi connectivity index (χ1) is 11.3. The van der Waals surface area contributed by atoms with Crippen LogP contribution < -0.4 is 4.74 Å². The predicted molar refractivity (Wildman–Crippen MR) is 110 cm³/mol. The second kappa shape index (κ2) is 8.63. The fourth-order valence-electron chi connectivity index (χ4n) is 2.41. The van der Waals surface area contributed by atoms with Crippen molar-refractivity contribution in [1.29, 1.82) is 0 Å². The van der Waals surface area contributed by atoms with Gasteiger partial charge in [-0.1, -0.05) is 37.3 Å². The topological polar surface area (TPSA) is 24.8 Å². The fraction of sp³-hybridized carbons (Fsp3) is 0.611. The summed E-state index contributed by atoms with van der Waals surface area (Å²) in [6.45, 7) is 7.89. The molecule has 1 aliphatic rings. The summed E-state index contributed by atoms with van der Waals surface area (Å²) in [5.41, 5.74) is 0.912. The second-order valence-electron chi connectivity index (χ2n) is 7.61. The molecule has 0 aliphatic heterocycles. The third kappa shape index (κ3) is 6.34. The molecule has 1 aromatic carbocycles. The van der Waals surface area contributed by atoms with Crippen LogP contribution in [0.4, 0.5) is 5.69 Å². The summed E-state index contributed by atoms with van der Waals surface area (Å²) >= 11 is 8.08. The molecule has 0 unspecified atom stereocenters. The van der Waals surface area contributed by atoms with Gasteiger partial charge in [0.1, 0.15) is 5.75 Å². The van der Waals surface area contributed by atoms with Gasteiger partial charge in [0.05, 0.1) is 23.7 Å². The Bertz CT molecular complexity index is 585. The predicted octanol–water partition coefficient (Wildman–Crippen LogP) is 5.92. The summed E-state index contributed by atoms with van der Waals surface area (Å²) in [5.74, 6) is 0.770. The van der Waals surface area contributed by atoms with Gasteiger partial charge in [-0.05, 0) is 37.7 Å². The van der Waals surface area contributed by atoms with Crippen molar-refractivity contribution in [3.8, 4) is 5.75 Å². The van der Waals surface area contributed by atoms with Gasteiger partial charge in [-0.2, -0.15) is 0 Å². The Morgan fingerprint density at radius 2 is 2.08 bits per heavy atom. The van der Waals surface area contributed by atoms with E-state index in [1.165, 1.54) is 18.9 Å². The number of benzene rings is 1. The van der Waals surface area contributed by atoms with E-state index in [9.17, 15) is 0 Å². The smallest absolute Gasteiger partial charge is 0.139 e. The summed E-state index contributed by atoms with van der Waals surface area (Å²) < 4.78 is 5.92. The Morgan fingerprint density at radius 1 is 1.38 bits per heavy atom. The number of ether oxygens (including phenoxy) is 1. The third-order valence-electron chi connectivity index (χ3n) is 4.06. The molecule has 3 nitrogen and oxygen atoms in total. The molecule has 0 spiro atoms. The Balaban J connectivity index is 2.00. The first kappa shape index (κ1) is 19.7. The lowest BCUT2D eigenvalue weighted by atomic mass is 10.3. The van der Waals surface area contributed by atoms with Crippen molar-refractivity contribution in [2.24, 2.45) is 4.99 Å². The molecular formula is C18H29ClN2OSSi. The van der Waals surface area contributed by atoms with Gasteiger partial charge >= 0.3 is 0 Å². The fourth-order valence-corrected chi connectivity index (χ4v) is 4.38. The summed E-state index contributed by atoms with van der Waals surface area (Å²) in [4.78, 5) is 7.89. The average Bonchev–Trinajstić information content (AvgIpc) is 3.34. The van der Waals surface area contributed by atoms with E-state index in [1.807, 2.05) is 18.5 Å². The van der Waals surface area contributed by atoms with Crippen LogP contribution in [0.2, 0.25) is 30.7 Å². The maximum absolute atomic E-state index is 6.40. The van der Waals surface area contributed by atoms with Gasteiger partial charge in [0.2, 0.25) is 0 Å². The van der Waals surface area contributed by atoms with Gasteiger partial charge in [-0.15, -0.1) is 11.8 Å². The SMILES string of the molecule is CSc1cc(OCCC[Si](C)(C)C)c(Cl)cc1N=CN(C)C1CC1. The highest BCUT2D eigenvalue weighted by molar-refractivity contribution is 7.98. The van der Waals surface area contributed by atoms with Crippen molar-refractivity contribution in [3.63, 3.8) is 0 Å². The summed E-state index contributed by atoms with van der Waals surface area (Å²) in [6, 6.07) is 5.87. The number of aliphatic imine (C=N–C) groups is 1. The minimum Gasteiger partial charge on any atom is -0.492 e. The van der Waals surface area contributed by atoms with Gasteiger partial charge < -0.3 is 9.64 Å². The number of thioether (sulfide) groups is 1. The molecule has 0 atom stereocenters. The lowest BCUT2D eigenvalue weighted by molar-refractivity contribution is 0.316. The largest absolute Gasteiger partial charge is 0.492 e. The van der Waals surface area contributed by atoms with Crippen molar-refractivity contribution in [1.82, 2.24) is 4.90 Å². The van der Waals surface area contributed by atoms with Crippen LogP contribution >= 0.6 is 23.4 Å². The van der Waals surface area contributed by atoms with E-state index in [0.29, 0.717) is 11.1 Å². The van der Waals surface area contributed by atoms with E-state index < -0.39 is 8.07 Å². The van der Waals surface area contributed by atoms with Crippen LogP contribution in [0.5, 0.6) is 5.75 Å². The van der Waals surface area contributed by atoms with Gasteiger partial charge in [0.25, 0.3) is 0 Å². The van der Waals surface area contributed by atoms with Crippen molar-refractivity contribution < 1.29 is 4.74 Å². The minimum atomic E-state index is -1.00. The molecule has 6 heteroatoms. The third-order valence-corrected chi connectivity index (χ3v) is 6.98. The van der Waals surface area contributed by atoms with E-state index in [-0.39, 0.29) is 0 Å². The maximum atomic E-state index is 6.40. The van der Waals surface area contributed by atoms with E-state index in [1.54, 1.807) is 11.8 Å².